The molecule has 1 heterocycles. The Kier molecular flexibility index (Phi) is 3.89. The van der Waals surface area contributed by atoms with Crippen molar-refractivity contribution in [2.75, 3.05) is 11.9 Å². The van der Waals surface area contributed by atoms with Crippen LogP contribution in [0.3, 0.4) is 0 Å². The molecule has 0 saturated heterocycles. The van der Waals surface area contributed by atoms with Gasteiger partial charge >= 0.3 is 0 Å². The van der Waals surface area contributed by atoms with E-state index in [4.69, 9.17) is 5.26 Å². The van der Waals surface area contributed by atoms with Crippen molar-refractivity contribution in [1.82, 2.24) is 9.97 Å². The highest BCUT2D eigenvalue weighted by molar-refractivity contribution is 9.10. The van der Waals surface area contributed by atoms with Crippen LogP contribution in [0.15, 0.2) is 34.9 Å². The zero-order valence-electron chi connectivity index (χ0n) is 11.8. The number of rotatable bonds is 4. The number of halogens is 1. The van der Waals surface area contributed by atoms with E-state index in [1.165, 1.54) is 12.8 Å². The van der Waals surface area contributed by atoms with E-state index in [0.29, 0.717) is 18.0 Å². The van der Waals surface area contributed by atoms with Crippen LogP contribution in [-0.2, 0) is 6.54 Å². The Morgan fingerprint density at radius 1 is 1.33 bits per heavy atom. The number of anilines is 1. The zero-order chi connectivity index (χ0) is 14.8. The lowest BCUT2D eigenvalue weighted by Crippen LogP contribution is -2.18. The second kappa shape index (κ2) is 5.82. The molecule has 0 amide bonds. The van der Waals surface area contributed by atoms with E-state index >= 15 is 0 Å². The van der Waals surface area contributed by atoms with Gasteiger partial charge in [-0.1, -0.05) is 12.1 Å². The van der Waals surface area contributed by atoms with Crippen molar-refractivity contribution in [2.45, 2.75) is 25.3 Å². The molecule has 0 unspecified atom stereocenters. The van der Waals surface area contributed by atoms with Crippen LogP contribution in [0, 0.1) is 11.3 Å². The van der Waals surface area contributed by atoms with Gasteiger partial charge in [0.15, 0.2) is 0 Å². The second-order valence-corrected chi connectivity index (χ2v) is 6.16. The molecule has 0 spiro atoms. The predicted molar refractivity (Wildman–Crippen MR) is 85.0 cm³/mol. The standard InChI is InChI=1S/C16H15BrN4/c1-21(10-12-4-2-3-11(7-12)9-18)15-8-14(17)19-16(20-15)13-5-6-13/h2-4,7-8,13H,5-6,10H2,1H3. The molecular formula is C16H15BrN4. The van der Waals surface area contributed by atoms with Gasteiger partial charge in [-0.2, -0.15) is 5.26 Å². The third-order valence-corrected chi connectivity index (χ3v) is 3.91. The molecular weight excluding hydrogens is 328 g/mol. The van der Waals surface area contributed by atoms with Gasteiger partial charge in [-0.25, -0.2) is 9.97 Å². The van der Waals surface area contributed by atoms with Gasteiger partial charge in [0.25, 0.3) is 0 Å². The summed E-state index contributed by atoms with van der Waals surface area (Å²) in [7, 11) is 2.00. The third kappa shape index (κ3) is 3.40. The van der Waals surface area contributed by atoms with Gasteiger partial charge in [-0.05, 0) is 46.5 Å². The van der Waals surface area contributed by atoms with Crippen LogP contribution in [0.4, 0.5) is 5.82 Å². The number of benzene rings is 1. The molecule has 4 nitrogen and oxygen atoms in total. The van der Waals surface area contributed by atoms with Crippen LogP contribution >= 0.6 is 15.9 Å². The lowest BCUT2D eigenvalue weighted by molar-refractivity contribution is 0.848. The summed E-state index contributed by atoms with van der Waals surface area (Å²) < 4.78 is 0.826. The molecule has 0 aliphatic heterocycles. The second-order valence-electron chi connectivity index (χ2n) is 5.35. The first-order valence-corrected chi connectivity index (χ1v) is 7.69. The van der Waals surface area contributed by atoms with Gasteiger partial charge in [0.2, 0.25) is 0 Å². The van der Waals surface area contributed by atoms with Crippen molar-refractivity contribution >= 4 is 21.7 Å². The average Bonchev–Trinajstić information content (AvgIpc) is 3.31. The molecule has 1 saturated carbocycles. The number of nitrogens with zero attached hydrogens (tertiary/aromatic N) is 4. The van der Waals surface area contributed by atoms with Gasteiger partial charge in [-0.3, -0.25) is 0 Å². The molecule has 1 fully saturated rings. The first-order valence-electron chi connectivity index (χ1n) is 6.90. The summed E-state index contributed by atoms with van der Waals surface area (Å²) in [6.07, 6.45) is 2.37. The molecule has 1 aromatic carbocycles. The van der Waals surface area contributed by atoms with Crippen molar-refractivity contribution < 1.29 is 0 Å². The SMILES string of the molecule is CN(Cc1cccc(C#N)c1)c1cc(Br)nc(C2CC2)n1. The van der Waals surface area contributed by atoms with Crippen molar-refractivity contribution in [3.8, 4) is 6.07 Å². The molecule has 0 bridgehead atoms. The number of nitriles is 1. The van der Waals surface area contributed by atoms with Gasteiger partial charge in [-0.15, -0.1) is 0 Å². The number of aromatic nitrogens is 2. The molecule has 106 valence electrons. The first kappa shape index (κ1) is 14.0. The highest BCUT2D eigenvalue weighted by atomic mass is 79.9. The monoisotopic (exact) mass is 342 g/mol. The van der Waals surface area contributed by atoms with Crippen molar-refractivity contribution in [1.29, 1.82) is 5.26 Å². The van der Waals surface area contributed by atoms with Crippen LogP contribution in [0.2, 0.25) is 0 Å². The third-order valence-electron chi connectivity index (χ3n) is 3.51. The maximum atomic E-state index is 8.96. The van der Waals surface area contributed by atoms with E-state index in [9.17, 15) is 0 Å². The maximum Gasteiger partial charge on any atom is 0.135 e. The lowest BCUT2D eigenvalue weighted by Gasteiger charge is -2.19. The molecule has 5 heteroatoms. The normalized spacial score (nSPS) is 13.8. The van der Waals surface area contributed by atoms with E-state index in [-0.39, 0.29) is 0 Å². The fourth-order valence-electron chi connectivity index (χ4n) is 2.24. The van der Waals surface area contributed by atoms with Crippen molar-refractivity contribution in [2.24, 2.45) is 0 Å². The summed E-state index contributed by atoms with van der Waals surface area (Å²) in [6, 6.07) is 11.8. The molecule has 1 aromatic heterocycles. The van der Waals surface area contributed by atoms with Crippen LogP contribution in [0.25, 0.3) is 0 Å². The highest BCUT2D eigenvalue weighted by Crippen LogP contribution is 2.39. The molecule has 0 radical (unpaired) electrons. The fourth-order valence-corrected chi connectivity index (χ4v) is 2.62. The molecule has 1 aliphatic rings. The molecule has 1 aliphatic carbocycles. The Bertz CT molecular complexity index is 704. The topological polar surface area (TPSA) is 52.8 Å². The minimum atomic E-state index is 0.525. The Hall–Kier alpha value is -1.93. The summed E-state index contributed by atoms with van der Waals surface area (Å²) in [6.45, 7) is 0.711. The van der Waals surface area contributed by atoms with E-state index in [0.717, 1.165) is 21.8 Å². The number of hydrogen-bond acceptors (Lipinski definition) is 4. The van der Waals surface area contributed by atoms with E-state index in [1.54, 1.807) is 0 Å². The minimum absolute atomic E-state index is 0.525. The predicted octanol–water partition coefficient (Wildman–Crippen LogP) is 3.62. The van der Waals surface area contributed by atoms with Crippen LogP contribution in [-0.4, -0.2) is 17.0 Å². The van der Waals surface area contributed by atoms with E-state index in [1.807, 2.05) is 37.4 Å². The average molecular weight is 343 g/mol. The quantitative estimate of drug-likeness (QED) is 0.796. The Labute approximate surface area is 132 Å². The lowest BCUT2D eigenvalue weighted by atomic mass is 10.1. The summed E-state index contributed by atoms with van der Waals surface area (Å²) in [5, 5.41) is 8.96. The molecule has 0 atom stereocenters. The number of hydrogen-bond donors (Lipinski definition) is 0. The van der Waals surface area contributed by atoms with Crippen molar-refractivity contribution in [3.63, 3.8) is 0 Å². The zero-order valence-corrected chi connectivity index (χ0v) is 13.3. The summed E-state index contributed by atoms with van der Waals surface area (Å²) in [4.78, 5) is 11.2. The molecule has 3 rings (SSSR count). The fraction of sp³-hybridized carbons (Fsp3) is 0.312. The Morgan fingerprint density at radius 3 is 2.86 bits per heavy atom. The first-order chi connectivity index (χ1) is 10.2. The maximum absolute atomic E-state index is 8.96. The smallest absolute Gasteiger partial charge is 0.135 e. The molecule has 0 N–H and O–H groups in total. The minimum Gasteiger partial charge on any atom is -0.355 e. The summed E-state index contributed by atoms with van der Waals surface area (Å²) in [5.74, 6) is 2.36. The van der Waals surface area contributed by atoms with Gasteiger partial charge in [0.05, 0.1) is 11.6 Å². The summed E-state index contributed by atoms with van der Waals surface area (Å²) >= 11 is 3.46. The molecule has 21 heavy (non-hydrogen) atoms. The summed E-state index contributed by atoms with van der Waals surface area (Å²) in [5.41, 5.74) is 1.78. The van der Waals surface area contributed by atoms with Crippen LogP contribution in [0.1, 0.15) is 35.7 Å². The van der Waals surface area contributed by atoms with E-state index in [2.05, 4.69) is 36.9 Å². The van der Waals surface area contributed by atoms with E-state index < -0.39 is 0 Å². The Balaban J connectivity index is 1.81. The van der Waals surface area contributed by atoms with Crippen LogP contribution < -0.4 is 4.90 Å². The van der Waals surface area contributed by atoms with Crippen LogP contribution in [0.5, 0.6) is 0 Å². The van der Waals surface area contributed by atoms with Gasteiger partial charge in [0, 0.05) is 25.6 Å². The highest BCUT2D eigenvalue weighted by Gasteiger charge is 2.27. The van der Waals surface area contributed by atoms with Gasteiger partial charge < -0.3 is 4.90 Å². The van der Waals surface area contributed by atoms with Gasteiger partial charge in [0.1, 0.15) is 16.2 Å². The largest absolute Gasteiger partial charge is 0.355 e. The van der Waals surface area contributed by atoms with Crippen molar-refractivity contribution in [3.05, 3.63) is 51.9 Å². The molecule has 2 aromatic rings. The Morgan fingerprint density at radius 2 is 2.14 bits per heavy atom.